The van der Waals surface area contributed by atoms with Crippen LogP contribution in [0, 0.1) is 18.3 Å². The fourth-order valence-corrected chi connectivity index (χ4v) is 1.10. The molecule has 0 amide bonds. The molecule has 0 bridgehead atoms. The van der Waals surface area contributed by atoms with Gasteiger partial charge in [-0.15, -0.1) is 0 Å². The first kappa shape index (κ1) is 10.2. The van der Waals surface area contributed by atoms with E-state index in [1.807, 2.05) is 20.8 Å². The highest BCUT2D eigenvalue weighted by atomic mass is 15.2. The number of nitrogens with zero attached hydrogens (tertiary/aromatic N) is 4. The van der Waals surface area contributed by atoms with Gasteiger partial charge in [0.1, 0.15) is 6.07 Å². The van der Waals surface area contributed by atoms with Gasteiger partial charge in [0.25, 0.3) is 0 Å². The van der Waals surface area contributed by atoms with E-state index in [2.05, 4.69) is 16.2 Å². The molecule has 72 valence electrons. The van der Waals surface area contributed by atoms with Crippen molar-refractivity contribution in [3.8, 4) is 6.07 Å². The van der Waals surface area contributed by atoms with E-state index < -0.39 is 0 Å². The van der Waals surface area contributed by atoms with Crippen LogP contribution in [0.25, 0.3) is 5.65 Å². The predicted octanol–water partition coefficient (Wildman–Crippen LogP) is 1.94. The minimum atomic E-state index is 0.554. The monoisotopic (exact) mass is 188 g/mol. The van der Waals surface area contributed by atoms with Crippen molar-refractivity contribution in [1.82, 2.24) is 14.6 Å². The van der Waals surface area contributed by atoms with Crippen LogP contribution in [-0.4, -0.2) is 14.6 Å². The van der Waals surface area contributed by atoms with E-state index in [0.29, 0.717) is 11.2 Å². The standard InChI is InChI=1S/C8H6N4.C2H6/c1-6-5-12-8(11-6)7(4-9)2-3-10-12;1-2/h2-3,5H,1H3;1-2H3. The summed E-state index contributed by atoms with van der Waals surface area (Å²) >= 11 is 0. The second-order valence-electron chi connectivity index (χ2n) is 2.51. The summed E-state index contributed by atoms with van der Waals surface area (Å²) in [7, 11) is 0. The summed E-state index contributed by atoms with van der Waals surface area (Å²) in [5.41, 5.74) is 2.04. The van der Waals surface area contributed by atoms with E-state index in [-0.39, 0.29) is 0 Å². The van der Waals surface area contributed by atoms with Gasteiger partial charge in [0.05, 0.1) is 17.5 Å². The summed E-state index contributed by atoms with van der Waals surface area (Å²) in [6.45, 7) is 5.87. The highest BCUT2D eigenvalue weighted by molar-refractivity contribution is 5.54. The maximum absolute atomic E-state index is 8.71. The molecule has 0 unspecified atom stereocenters. The lowest BCUT2D eigenvalue weighted by atomic mass is 10.3. The number of rotatable bonds is 0. The molecule has 0 atom stereocenters. The van der Waals surface area contributed by atoms with Crippen molar-refractivity contribution in [2.45, 2.75) is 20.8 Å². The van der Waals surface area contributed by atoms with Gasteiger partial charge in [-0.1, -0.05) is 13.8 Å². The number of hydrogen-bond donors (Lipinski definition) is 0. The van der Waals surface area contributed by atoms with E-state index in [1.165, 1.54) is 0 Å². The largest absolute Gasteiger partial charge is 0.231 e. The topological polar surface area (TPSA) is 54.0 Å². The summed E-state index contributed by atoms with van der Waals surface area (Å²) in [5, 5.41) is 12.7. The van der Waals surface area contributed by atoms with Crippen molar-refractivity contribution >= 4 is 5.65 Å². The SMILES string of the molecule is CC.Cc1cn2nccc(C#N)c2n1. The Morgan fingerprint density at radius 3 is 2.79 bits per heavy atom. The Kier molecular flexibility index (Phi) is 3.19. The molecule has 0 aromatic carbocycles. The number of nitriles is 1. The zero-order valence-electron chi connectivity index (χ0n) is 8.52. The van der Waals surface area contributed by atoms with Crippen LogP contribution in [0.5, 0.6) is 0 Å². The molecule has 2 aromatic rings. The fourth-order valence-electron chi connectivity index (χ4n) is 1.10. The number of aryl methyl sites for hydroxylation is 1. The summed E-state index contributed by atoms with van der Waals surface area (Å²) in [6.07, 6.45) is 3.38. The lowest BCUT2D eigenvalue weighted by molar-refractivity contribution is 0.931. The first-order valence-electron chi connectivity index (χ1n) is 4.52. The molecular weight excluding hydrogens is 176 g/mol. The Morgan fingerprint density at radius 2 is 2.14 bits per heavy atom. The maximum atomic E-state index is 8.71. The van der Waals surface area contributed by atoms with E-state index in [0.717, 1.165) is 5.69 Å². The quantitative estimate of drug-likeness (QED) is 0.634. The van der Waals surface area contributed by atoms with Crippen LogP contribution in [0.15, 0.2) is 18.5 Å². The lowest BCUT2D eigenvalue weighted by Gasteiger charge is -1.90. The average Bonchev–Trinajstić information content (AvgIpc) is 2.60. The molecule has 0 N–H and O–H groups in total. The van der Waals surface area contributed by atoms with Crippen LogP contribution >= 0.6 is 0 Å². The molecule has 0 radical (unpaired) electrons. The minimum absolute atomic E-state index is 0.554. The summed E-state index contributed by atoms with van der Waals surface area (Å²) in [4.78, 5) is 4.16. The predicted molar refractivity (Wildman–Crippen MR) is 53.8 cm³/mol. The second-order valence-corrected chi connectivity index (χ2v) is 2.51. The van der Waals surface area contributed by atoms with Crippen molar-refractivity contribution in [3.05, 3.63) is 29.7 Å². The number of imidazole rings is 1. The molecule has 2 rings (SSSR count). The molecule has 2 heterocycles. The third-order valence-electron chi connectivity index (χ3n) is 1.60. The van der Waals surface area contributed by atoms with Crippen LogP contribution in [-0.2, 0) is 0 Å². The molecular formula is C10H12N4. The van der Waals surface area contributed by atoms with Gasteiger partial charge >= 0.3 is 0 Å². The molecule has 0 spiro atoms. The highest BCUT2D eigenvalue weighted by Gasteiger charge is 2.02. The van der Waals surface area contributed by atoms with Gasteiger partial charge in [-0.3, -0.25) is 0 Å². The first-order valence-corrected chi connectivity index (χ1v) is 4.52. The van der Waals surface area contributed by atoms with Crippen LogP contribution in [0.2, 0.25) is 0 Å². The van der Waals surface area contributed by atoms with E-state index >= 15 is 0 Å². The van der Waals surface area contributed by atoms with Crippen molar-refractivity contribution in [2.24, 2.45) is 0 Å². The van der Waals surface area contributed by atoms with Gasteiger partial charge in [0, 0.05) is 6.20 Å². The van der Waals surface area contributed by atoms with Crippen LogP contribution in [0.3, 0.4) is 0 Å². The Bertz CT molecular complexity index is 464. The van der Waals surface area contributed by atoms with Gasteiger partial charge in [0.2, 0.25) is 0 Å². The molecule has 4 heteroatoms. The molecule has 0 saturated heterocycles. The zero-order chi connectivity index (χ0) is 10.6. The number of aromatic nitrogens is 3. The van der Waals surface area contributed by atoms with Gasteiger partial charge in [-0.25, -0.2) is 9.50 Å². The van der Waals surface area contributed by atoms with E-state index in [1.54, 1.807) is 23.0 Å². The van der Waals surface area contributed by atoms with E-state index in [4.69, 9.17) is 5.26 Å². The number of hydrogen-bond acceptors (Lipinski definition) is 3. The van der Waals surface area contributed by atoms with Gasteiger partial charge < -0.3 is 0 Å². The van der Waals surface area contributed by atoms with Gasteiger partial charge in [-0.2, -0.15) is 10.4 Å². The Hall–Kier alpha value is -1.89. The molecule has 0 aliphatic rings. The van der Waals surface area contributed by atoms with E-state index in [9.17, 15) is 0 Å². The second kappa shape index (κ2) is 4.38. The van der Waals surface area contributed by atoms with Crippen molar-refractivity contribution < 1.29 is 0 Å². The van der Waals surface area contributed by atoms with Crippen LogP contribution in [0.1, 0.15) is 25.1 Å². The average molecular weight is 188 g/mol. The normalized spacial score (nSPS) is 9.00. The van der Waals surface area contributed by atoms with Crippen molar-refractivity contribution in [2.75, 3.05) is 0 Å². The minimum Gasteiger partial charge on any atom is -0.231 e. The summed E-state index contributed by atoms with van der Waals surface area (Å²) < 4.78 is 1.61. The Balaban J connectivity index is 0.000000461. The Labute approximate surface area is 82.8 Å². The molecule has 4 nitrogen and oxygen atoms in total. The summed E-state index contributed by atoms with van der Waals surface area (Å²) in [6, 6.07) is 3.71. The molecule has 2 aromatic heterocycles. The van der Waals surface area contributed by atoms with Crippen molar-refractivity contribution in [1.29, 1.82) is 5.26 Å². The van der Waals surface area contributed by atoms with Gasteiger partial charge in [-0.05, 0) is 13.0 Å². The fraction of sp³-hybridized carbons (Fsp3) is 0.300. The smallest absolute Gasteiger partial charge is 0.171 e. The molecule has 0 saturated carbocycles. The molecule has 14 heavy (non-hydrogen) atoms. The molecule has 0 fully saturated rings. The third-order valence-corrected chi connectivity index (χ3v) is 1.60. The van der Waals surface area contributed by atoms with Crippen LogP contribution < -0.4 is 0 Å². The lowest BCUT2D eigenvalue weighted by Crippen LogP contribution is -1.91. The summed E-state index contributed by atoms with van der Waals surface area (Å²) in [5.74, 6) is 0. The molecule has 0 aliphatic carbocycles. The third kappa shape index (κ3) is 1.72. The van der Waals surface area contributed by atoms with Crippen LogP contribution in [0.4, 0.5) is 0 Å². The van der Waals surface area contributed by atoms with Crippen molar-refractivity contribution in [3.63, 3.8) is 0 Å². The Morgan fingerprint density at radius 1 is 1.43 bits per heavy atom. The number of fused-ring (bicyclic) bond motifs is 1. The maximum Gasteiger partial charge on any atom is 0.171 e. The first-order chi connectivity index (χ1) is 6.81. The van der Waals surface area contributed by atoms with Gasteiger partial charge in [0.15, 0.2) is 5.65 Å². The zero-order valence-corrected chi connectivity index (χ0v) is 8.52. The molecule has 0 aliphatic heterocycles. The highest BCUT2D eigenvalue weighted by Crippen LogP contribution is 2.06.